The SMILES string of the molecule is CCc1ccc(OCC(=O)NC(=S)Nc2ccc(C)cc2)c(Br)c1. The largest absolute Gasteiger partial charge is 0.483 e. The van der Waals surface area contributed by atoms with Crippen LogP contribution in [0.25, 0.3) is 0 Å². The topological polar surface area (TPSA) is 50.4 Å². The second kappa shape index (κ2) is 8.80. The van der Waals surface area contributed by atoms with Gasteiger partial charge in [0.1, 0.15) is 5.75 Å². The number of carbonyl (C=O) groups excluding carboxylic acids is 1. The van der Waals surface area contributed by atoms with Crippen LogP contribution in [0.15, 0.2) is 46.9 Å². The summed E-state index contributed by atoms with van der Waals surface area (Å²) in [4.78, 5) is 11.9. The number of halogens is 1. The van der Waals surface area contributed by atoms with Crippen LogP contribution in [-0.2, 0) is 11.2 Å². The third kappa shape index (κ3) is 5.62. The van der Waals surface area contributed by atoms with E-state index in [1.165, 1.54) is 5.56 Å². The molecule has 0 aliphatic rings. The van der Waals surface area contributed by atoms with Gasteiger partial charge in [-0.05, 0) is 71.3 Å². The number of ether oxygens (including phenoxy) is 1. The molecule has 2 rings (SSSR count). The van der Waals surface area contributed by atoms with Crippen molar-refractivity contribution in [2.24, 2.45) is 0 Å². The maximum atomic E-state index is 11.9. The van der Waals surface area contributed by atoms with E-state index >= 15 is 0 Å². The Morgan fingerprint density at radius 1 is 1.21 bits per heavy atom. The normalized spacial score (nSPS) is 10.1. The van der Waals surface area contributed by atoms with Gasteiger partial charge in [-0.3, -0.25) is 10.1 Å². The molecule has 0 aliphatic carbocycles. The summed E-state index contributed by atoms with van der Waals surface area (Å²) in [6, 6.07) is 13.5. The standard InChI is InChI=1S/C18H19BrN2O2S/c1-3-13-6-9-16(15(19)10-13)23-11-17(22)21-18(24)20-14-7-4-12(2)5-8-14/h4-10H,3,11H2,1-2H3,(H2,20,21,22,24). The minimum Gasteiger partial charge on any atom is -0.483 e. The number of amides is 1. The molecule has 4 nitrogen and oxygen atoms in total. The van der Waals surface area contributed by atoms with E-state index in [1.54, 1.807) is 0 Å². The molecule has 0 spiro atoms. The summed E-state index contributed by atoms with van der Waals surface area (Å²) in [5, 5.41) is 5.80. The molecule has 0 bridgehead atoms. The molecule has 2 N–H and O–H groups in total. The average molecular weight is 407 g/mol. The molecule has 0 atom stereocenters. The highest BCUT2D eigenvalue weighted by atomic mass is 79.9. The number of thiocarbonyl (C=S) groups is 1. The zero-order chi connectivity index (χ0) is 17.5. The minimum absolute atomic E-state index is 0.111. The number of anilines is 1. The molecule has 6 heteroatoms. The first-order chi connectivity index (χ1) is 11.5. The van der Waals surface area contributed by atoms with Crippen LogP contribution in [0.4, 0.5) is 5.69 Å². The van der Waals surface area contributed by atoms with Crippen LogP contribution in [0.3, 0.4) is 0 Å². The summed E-state index contributed by atoms with van der Waals surface area (Å²) in [7, 11) is 0. The van der Waals surface area contributed by atoms with Gasteiger partial charge in [0.15, 0.2) is 11.7 Å². The highest BCUT2D eigenvalue weighted by molar-refractivity contribution is 9.10. The van der Waals surface area contributed by atoms with E-state index in [4.69, 9.17) is 17.0 Å². The van der Waals surface area contributed by atoms with Crippen molar-refractivity contribution in [1.82, 2.24) is 5.32 Å². The maximum absolute atomic E-state index is 11.9. The van der Waals surface area contributed by atoms with Crippen molar-refractivity contribution in [3.8, 4) is 5.75 Å². The first-order valence-electron chi connectivity index (χ1n) is 7.56. The van der Waals surface area contributed by atoms with Crippen LogP contribution in [0.1, 0.15) is 18.1 Å². The Kier molecular flexibility index (Phi) is 6.75. The Labute approximate surface area is 155 Å². The summed E-state index contributed by atoms with van der Waals surface area (Å²) in [6.07, 6.45) is 0.943. The lowest BCUT2D eigenvalue weighted by Gasteiger charge is -2.11. The zero-order valence-electron chi connectivity index (χ0n) is 13.6. The van der Waals surface area contributed by atoms with Gasteiger partial charge >= 0.3 is 0 Å². The molecule has 0 saturated carbocycles. The summed E-state index contributed by atoms with van der Waals surface area (Å²) in [5.74, 6) is 0.311. The van der Waals surface area contributed by atoms with Crippen LogP contribution >= 0.6 is 28.1 Å². The Balaban J connectivity index is 1.82. The lowest BCUT2D eigenvalue weighted by Crippen LogP contribution is -2.37. The molecule has 2 aromatic rings. The van der Waals surface area contributed by atoms with E-state index in [2.05, 4.69) is 33.5 Å². The van der Waals surface area contributed by atoms with Gasteiger partial charge in [0, 0.05) is 5.69 Å². The van der Waals surface area contributed by atoms with E-state index < -0.39 is 0 Å². The Bertz CT molecular complexity index is 732. The number of aryl methyl sites for hydroxylation is 2. The predicted octanol–water partition coefficient (Wildman–Crippen LogP) is 4.21. The number of benzene rings is 2. The molecule has 0 heterocycles. The Hall–Kier alpha value is -1.92. The fourth-order valence-corrected chi connectivity index (χ4v) is 2.76. The van der Waals surface area contributed by atoms with Gasteiger partial charge in [0.25, 0.3) is 5.91 Å². The first kappa shape index (κ1) is 18.4. The van der Waals surface area contributed by atoms with Crippen molar-refractivity contribution in [3.63, 3.8) is 0 Å². The van der Waals surface area contributed by atoms with Gasteiger partial charge < -0.3 is 10.1 Å². The van der Waals surface area contributed by atoms with Gasteiger partial charge in [-0.15, -0.1) is 0 Å². The molecule has 0 aliphatic heterocycles. The third-order valence-corrected chi connectivity index (χ3v) is 4.15. The van der Waals surface area contributed by atoms with Gasteiger partial charge in [0.2, 0.25) is 0 Å². The molecular formula is C18H19BrN2O2S. The van der Waals surface area contributed by atoms with E-state index in [9.17, 15) is 4.79 Å². The van der Waals surface area contributed by atoms with Crippen molar-refractivity contribution in [2.45, 2.75) is 20.3 Å². The van der Waals surface area contributed by atoms with Crippen molar-refractivity contribution in [2.75, 3.05) is 11.9 Å². The lowest BCUT2D eigenvalue weighted by atomic mass is 10.2. The number of carbonyl (C=O) groups is 1. The quantitative estimate of drug-likeness (QED) is 0.730. The molecule has 1 amide bonds. The predicted molar refractivity (Wildman–Crippen MR) is 105 cm³/mol. The maximum Gasteiger partial charge on any atom is 0.264 e. The van der Waals surface area contributed by atoms with Crippen molar-refractivity contribution < 1.29 is 9.53 Å². The molecule has 2 aromatic carbocycles. The van der Waals surface area contributed by atoms with Crippen LogP contribution < -0.4 is 15.4 Å². The number of nitrogens with one attached hydrogen (secondary N) is 2. The second-order valence-electron chi connectivity index (χ2n) is 5.28. The molecule has 0 aromatic heterocycles. The summed E-state index contributed by atoms with van der Waals surface area (Å²) in [6.45, 7) is 3.98. The summed E-state index contributed by atoms with van der Waals surface area (Å²) < 4.78 is 6.35. The second-order valence-corrected chi connectivity index (χ2v) is 6.54. The molecule has 0 radical (unpaired) electrons. The van der Waals surface area contributed by atoms with Crippen LogP contribution in [0, 0.1) is 6.92 Å². The van der Waals surface area contributed by atoms with Gasteiger partial charge in [0.05, 0.1) is 4.47 Å². The smallest absolute Gasteiger partial charge is 0.264 e. The van der Waals surface area contributed by atoms with Gasteiger partial charge in [-0.2, -0.15) is 0 Å². The van der Waals surface area contributed by atoms with E-state index in [-0.39, 0.29) is 17.6 Å². The average Bonchev–Trinajstić information content (AvgIpc) is 2.55. The van der Waals surface area contributed by atoms with E-state index in [0.717, 1.165) is 22.1 Å². The molecule has 126 valence electrons. The number of hydrogen-bond acceptors (Lipinski definition) is 3. The van der Waals surface area contributed by atoms with Crippen LogP contribution in [-0.4, -0.2) is 17.6 Å². The number of hydrogen-bond donors (Lipinski definition) is 2. The van der Waals surface area contributed by atoms with Gasteiger partial charge in [-0.1, -0.05) is 30.7 Å². The summed E-state index contributed by atoms with van der Waals surface area (Å²) >= 11 is 8.57. The fourth-order valence-electron chi connectivity index (χ4n) is 1.99. The van der Waals surface area contributed by atoms with E-state index in [0.29, 0.717) is 5.75 Å². The molecular weight excluding hydrogens is 388 g/mol. The molecule has 0 unspecified atom stereocenters. The fraction of sp³-hybridized carbons (Fsp3) is 0.222. The minimum atomic E-state index is -0.314. The Morgan fingerprint density at radius 3 is 2.54 bits per heavy atom. The number of rotatable bonds is 5. The third-order valence-electron chi connectivity index (χ3n) is 3.33. The van der Waals surface area contributed by atoms with Crippen molar-refractivity contribution in [3.05, 3.63) is 58.1 Å². The van der Waals surface area contributed by atoms with E-state index in [1.807, 2.05) is 49.4 Å². The highest BCUT2D eigenvalue weighted by Gasteiger charge is 2.08. The van der Waals surface area contributed by atoms with Crippen molar-refractivity contribution >= 4 is 44.9 Å². The molecule has 24 heavy (non-hydrogen) atoms. The zero-order valence-corrected chi connectivity index (χ0v) is 16.0. The monoisotopic (exact) mass is 406 g/mol. The molecule has 0 saturated heterocycles. The van der Waals surface area contributed by atoms with Gasteiger partial charge in [-0.25, -0.2) is 0 Å². The van der Waals surface area contributed by atoms with Crippen LogP contribution in [0.5, 0.6) is 5.75 Å². The lowest BCUT2D eigenvalue weighted by molar-refractivity contribution is -0.121. The van der Waals surface area contributed by atoms with Crippen molar-refractivity contribution in [1.29, 1.82) is 0 Å². The first-order valence-corrected chi connectivity index (χ1v) is 8.76. The molecule has 0 fully saturated rings. The Morgan fingerprint density at radius 2 is 1.92 bits per heavy atom. The van der Waals surface area contributed by atoms with Crippen LogP contribution in [0.2, 0.25) is 0 Å². The highest BCUT2D eigenvalue weighted by Crippen LogP contribution is 2.26. The summed E-state index contributed by atoms with van der Waals surface area (Å²) in [5.41, 5.74) is 3.18.